The van der Waals surface area contributed by atoms with Gasteiger partial charge in [0, 0.05) is 12.8 Å². The number of amides is 6. The summed E-state index contributed by atoms with van der Waals surface area (Å²) in [7, 11) is 0. The van der Waals surface area contributed by atoms with Crippen molar-refractivity contribution in [2.45, 2.75) is 68.7 Å². The van der Waals surface area contributed by atoms with E-state index < -0.39 is 90.6 Å². The lowest BCUT2D eigenvalue weighted by molar-refractivity contribution is -0.142. The van der Waals surface area contributed by atoms with Crippen LogP contribution < -0.4 is 38.1 Å². The monoisotopic (exact) mass is 775 g/mol. The molecular weight excluding hydrogens is 730 g/mol. The normalized spacial score (nSPS) is 13.5. The fourth-order valence-electron chi connectivity index (χ4n) is 4.85. The minimum atomic E-state index is -1.72. The molecule has 5 atom stereocenters. The van der Waals surface area contributed by atoms with Gasteiger partial charge in [-0.05, 0) is 66.7 Å². The van der Waals surface area contributed by atoms with Gasteiger partial charge in [0.05, 0.1) is 19.0 Å². The Bertz CT molecular complexity index is 1640. The first-order valence-corrected chi connectivity index (χ1v) is 17.9. The van der Waals surface area contributed by atoms with Crippen molar-refractivity contribution >= 4 is 59.1 Å². The van der Waals surface area contributed by atoms with E-state index >= 15 is 0 Å². The summed E-state index contributed by atoms with van der Waals surface area (Å²) >= 11 is 1.36. The highest BCUT2D eigenvalue weighted by atomic mass is 32.2. The highest BCUT2D eigenvalue weighted by Gasteiger charge is 2.31. The molecule has 6 amide bonds. The number of phenolic OH excluding ortho intramolecular Hbond substituents is 2. The highest BCUT2D eigenvalue weighted by Crippen LogP contribution is 2.13. The average molecular weight is 776 g/mol. The largest absolute Gasteiger partial charge is 0.508 e. The zero-order chi connectivity index (χ0) is 40.4. The van der Waals surface area contributed by atoms with Gasteiger partial charge < -0.3 is 58.5 Å². The predicted octanol–water partition coefficient (Wildman–Crippen LogP) is -2.16. The number of aromatic hydroxyl groups is 2. The number of carbonyl (C=O) groups excluding carboxylic acids is 6. The second-order valence-electron chi connectivity index (χ2n) is 12.1. The topological polar surface area (TPSA) is 330 Å². The second-order valence-corrected chi connectivity index (χ2v) is 13.1. The molecule has 0 heterocycles. The lowest BCUT2D eigenvalue weighted by Crippen LogP contribution is -2.57. The van der Waals surface area contributed by atoms with Crippen molar-refractivity contribution in [1.82, 2.24) is 26.6 Å². The smallest absolute Gasteiger partial charge is 0.326 e. The van der Waals surface area contributed by atoms with Gasteiger partial charge in [0.15, 0.2) is 0 Å². The van der Waals surface area contributed by atoms with Crippen LogP contribution in [0.3, 0.4) is 0 Å². The van der Waals surface area contributed by atoms with E-state index in [1.807, 2.05) is 0 Å². The van der Waals surface area contributed by atoms with Crippen molar-refractivity contribution in [3.63, 3.8) is 0 Å². The van der Waals surface area contributed by atoms with Gasteiger partial charge in [0.2, 0.25) is 35.4 Å². The number of nitrogens with two attached hydrogens (primary N) is 2. The predicted molar refractivity (Wildman–Crippen MR) is 194 cm³/mol. The molecule has 54 heavy (non-hydrogen) atoms. The van der Waals surface area contributed by atoms with E-state index in [2.05, 4.69) is 26.6 Å². The Balaban J connectivity index is 2.08. The molecule has 0 aliphatic heterocycles. The molecule has 0 radical (unpaired) electrons. The van der Waals surface area contributed by atoms with Crippen LogP contribution in [0.1, 0.15) is 36.8 Å². The summed E-state index contributed by atoms with van der Waals surface area (Å²) in [5.74, 6) is -8.06. The van der Waals surface area contributed by atoms with Gasteiger partial charge in [-0.1, -0.05) is 24.3 Å². The number of benzene rings is 2. The van der Waals surface area contributed by atoms with E-state index in [1.165, 1.54) is 48.2 Å². The number of hydrogen-bond acceptors (Lipinski definition) is 12. The lowest BCUT2D eigenvalue weighted by atomic mass is 10.0. The lowest BCUT2D eigenvalue weighted by Gasteiger charge is -2.24. The first kappa shape index (κ1) is 44.3. The number of thioether (sulfide) groups is 1. The van der Waals surface area contributed by atoms with Gasteiger partial charge >= 0.3 is 11.9 Å². The molecule has 0 aliphatic rings. The molecule has 13 N–H and O–H groups in total. The molecule has 20 heteroatoms. The Kier molecular flexibility index (Phi) is 18.2. The molecule has 0 saturated carbocycles. The number of hydrogen-bond donors (Lipinski definition) is 11. The van der Waals surface area contributed by atoms with E-state index in [1.54, 1.807) is 18.4 Å². The summed E-state index contributed by atoms with van der Waals surface area (Å²) in [5.41, 5.74) is 12.3. The van der Waals surface area contributed by atoms with Crippen molar-refractivity contribution in [1.29, 1.82) is 0 Å². The third kappa shape index (κ3) is 16.2. The number of carbonyl (C=O) groups is 8. The SMILES string of the molecule is CSCCC(NC(=O)C(N)Cc1ccc(O)cc1)C(=O)NC(CC(=O)O)C(=O)NCC(=O)NC(CCC(N)=O)C(=O)NC(Cc1ccc(O)cc1)C(=O)O. The van der Waals surface area contributed by atoms with E-state index in [0.29, 0.717) is 16.9 Å². The summed E-state index contributed by atoms with van der Waals surface area (Å²) in [5, 5.41) is 49.6. The molecule has 2 rings (SSSR count). The third-order valence-corrected chi connectivity index (χ3v) is 8.37. The summed E-state index contributed by atoms with van der Waals surface area (Å²) in [6, 6.07) is 4.53. The summed E-state index contributed by atoms with van der Waals surface area (Å²) < 4.78 is 0. The third-order valence-electron chi connectivity index (χ3n) is 7.73. The van der Waals surface area contributed by atoms with Crippen LogP contribution >= 0.6 is 11.8 Å². The molecule has 19 nitrogen and oxygen atoms in total. The van der Waals surface area contributed by atoms with Crippen LogP contribution in [0.15, 0.2) is 48.5 Å². The molecule has 2 aromatic carbocycles. The van der Waals surface area contributed by atoms with Crippen LogP contribution in [0.5, 0.6) is 11.5 Å². The van der Waals surface area contributed by atoms with Crippen LogP contribution in [0.2, 0.25) is 0 Å². The Morgan fingerprint density at radius 2 is 1.17 bits per heavy atom. The summed E-state index contributed by atoms with van der Waals surface area (Å²) in [6.07, 6.45) is 0.0718. The second kappa shape index (κ2) is 22.2. The minimum Gasteiger partial charge on any atom is -0.508 e. The summed E-state index contributed by atoms with van der Waals surface area (Å²) in [6.45, 7) is -0.834. The standard InChI is InChI=1S/C34H45N7O12S/c1-54-13-12-24(39-30(48)22(35)14-18-2-6-20(42)7-3-18)33(51)40-25(16-29(46)47)31(49)37-17-28(45)38-23(10-11-27(36)44)32(50)41-26(34(52)53)15-19-4-8-21(43)9-5-19/h2-9,22-26,42-43H,10-17,35H2,1H3,(H2,36,44)(H,37,49)(H,38,45)(H,39,48)(H,40,51)(H,41,50)(H,46,47)(H,52,53). The fourth-order valence-corrected chi connectivity index (χ4v) is 5.32. The van der Waals surface area contributed by atoms with Gasteiger partial charge in [-0.2, -0.15) is 11.8 Å². The maximum atomic E-state index is 13.3. The number of phenols is 2. The van der Waals surface area contributed by atoms with Gasteiger partial charge in [-0.25, -0.2) is 4.79 Å². The molecule has 0 fully saturated rings. The zero-order valence-corrected chi connectivity index (χ0v) is 30.1. The number of carboxylic acid groups (broad SMARTS) is 2. The Morgan fingerprint density at radius 3 is 1.67 bits per heavy atom. The fraction of sp³-hybridized carbons (Fsp3) is 0.412. The zero-order valence-electron chi connectivity index (χ0n) is 29.3. The molecule has 0 saturated heterocycles. The van der Waals surface area contributed by atoms with Crippen molar-refractivity contribution in [2.75, 3.05) is 18.6 Å². The molecule has 2 aromatic rings. The molecule has 0 bridgehead atoms. The van der Waals surface area contributed by atoms with Gasteiger partial charge in [0.25, 0.3) is 0 Å². The van der Waals surface area contributed by atoms with Crippen molar-refractivity contribution in [2.24, 2.45) is 11.5 Å². The molecule has 0 spiro atoms. The first-order valence-electron chi connectivity index (χ1n) is 16.5. The molecular formula is C34H45N7O12S. The van der Waals surface area contributed by atoms with Crippen LogP contribution in [0.4, 0.5) is 0 Å². The Hall–Kier alpha value is -5.89. The molecule has 0 aliphatic carbocycles. The van der Waals surface area contributed by atoms with Crippen molar-refractivity contribution < 1.29 is 58.8 Å². The Morgan fingerprint density at radius 1 is 0.667 bits per heavy atom. The summed E-state index contributed by atoms with van der Waals surface area (Å²) in [4.78, 5) is 100. The van der Waals surface area contributed by atoms with Gasteiger partial charge in [0.1, 0.15) is 35.7 Å². The Labute approximate surface area is 314 Å². The van der Waals surface area contributed by atoms with Gasteiger partial charge in [-0.15, -0.1) is 0 Å². The minimum absolute atomic E-state index is 0.0212. The number of rotatable bonds is 23. The van der Waals surface area contributed by atoms with Crippen molar-refractivity contribution in [3.8, 4) is 11.5 Å². The molecule has 294 valence electrons. The number of nitrogens with one attached hydrogen (secondary N) is 5. The maximum absolute atomic E-state index is 13.3. The number of primary amides is 1. The molecule has 0 aromatic heterocycles. The first-order chi connectivity index (χ1) is 25.5. The number of aliphatic carboxylic acids is 2. The van der Waals surface area contributed by atoms with E-state index in [9.17, 15) is 58.8 Å². The van der Waals surface area contributed by atoms with Crippen LogP contribution in [-0.2, 0) is 51.2 Å². The van der Waals surface area contributed by atoms with Crippen LogP contribution in [0, 0.1) is 0 Å². The van der Waals surface area contributed by atoms with Crippen molar-refractivity contribution in [3.05, 3.63) is 59.7 Å². The van der Waals surface area contributed by atoms with E-state index in [4.69, 9.17) is 11.5 Å². The van der Waals surface area contributed by atoms with E-state index in [-0.39, 0.29) is 43.6 Å². The highest BCUT2D eigenvalue weighted by molar-refractivity contribution is 7.98. The van der Waals surface area contributed by atoms with Crippen LogP contribution in [-0.4, -0.2) is 117 Å². The van der Waals surface area contributed by atoms with E-state index in [0.717, 1.165) is 0 Å². The quantitative estimate of drug-likeness (QED) is 0.0573. The number of carboxylic acids is 2. The molecule has 5 unspecified atom stereocenters. The van der Waals surface area contributed by atoms with Crippen LogP contribution in [0.25, 0.3) is 0 Å². The van der Waals surface area contributed by atoms with Gasteiger partial charge in [-0.3, -0.25) is 33.6 Å². The maximum Gasteiger partial charge on any atom is 0.326 e. The average Bonchev–Trinajstić information content (AvgIpc) is 3.11.